The number of furan rings is 1. The fraction of sp³-hybridized carbons (Fsp3) is 0. The number of hydrogen-bond acceptors (Lipinski definition) is 2. The van der Waals surface area contributed by atoms with E-state index in [-0.39, 0.29) is 0 Å². The minimum atomic E-state index is 0.786. The van der Waals surface area contributed by atoms with Gasteiger partial charge in [0.15, 0.2) is 5.76 Å². The maximum Gasteiger partial charge on any atom is 0.152 e. The first-order valence-corrected chi connectivity index (χ1v) is 7.16. The summed E-state index contributed by atoms with van der Waals surface area (Å²) in [4.78, 5) is 8.19. The molecule has 0 atom stereocenters. The van der Waals surface area contributed by atoms with Crippen LogP contribution in [0.3, 0.4) is 0 Å². The number of H-pyrrole nitrogens is 1. The number of imidazole rings is 1. The van der Waals surface area contributed by atoms with E-state index in [2.05, 4.69) is 17.1 Å². The first-order chi connectivity index (χ1) is 10.9. The van der Waals surface area contributed by atoms with Crippen LogP contribution in [0.5, 0.6) is 0 Å². The Morgan fingerprint density at radius 3 is 2.05 bits per heavy atom. The average Bonchev–Trinajstić information content (AvgIpc) is 3.26. The smallest absolute Gasteiger partial charge is 0.152 e. The van der Waals surface area contributed by atoms with E-state index in [0.29, 0.717) is 0 Å². The van der Waals surface area contributed by atoms with Crippen LogP contribution in [0.1, 0.15) is 0 Å². The van der Waals surface area contributed by atoms with Crippen molar-refractivity contribution in [3.8, 4) is 34.1 Å². The van der Waals surface area contributed by atoms with Gasteiger partial charge in [0, 0.05) is 11.1 Å². The Hall–Kier alpha value is -3.07. The van der Waals surface area contributed by atoms with Crippen LogP contribution in [-0.4, -0.2) is 9.97 Å². The number of nitrogens with one attached hydrogen (secondary N) is 1. The van der Waals surface area contributed by atoms with E-state index in [1.165, 1.54) is 0 Å². The molecule has 2 aromatic carbocycles. The lowest BCUT2D eigenvalue weighted by atomic mass is 10.1. The predicted molar refractivity (Wildman–Crippen MR) is 87.2 cm³/mol. The van der Waals surface area contributed by atoms with Crippen LogP contribution in [0.25, 0.3) is 34.1 Å². The second kappa shape index (κ2) is 5.37. The van der Waals surface area contributed by atoms with Gasteiger partial charge in [-0.2, -0.15) is 0 Å². The molecule has 0 radical (unpaired) electrons. The van der Waals surface area contributed by atoms with Crippen molar-refractivity contribution >= 4 is 0 Å². The number of aromatic nitrogens is 2. The largest absolute Gasteiger partial charge is 0.463 e. The van der Waals surface area contributed by atoms with E-state index in [4.69, 9.17) is 9.40 Å². The molecule has 4 rings (SSSR count). The Morgan fingerprint density at radius 1 is 0.727 bits per heavy atom. The molecule has 3 nitrogen and oxygen atoms in total. The van der Waals surface area contributed by atoms with Gasteiger partial charge in [0.05, 0.1) is 6.26 Å². The van der Waals surface area contributed by atoms with Gasteiger partial charge in [0.25, 0.3) is 0 Å². The van der Waals surface area contributed by atoms with E-state index in [0.717, 1.165) is 34.1 Å². The van der Waals surface area contributed by atoms with E-state index in [9.17, 15) is 0 Å². The van der Waals surface area contributed by atoms with Gasteiger partial charge in [-0.25, -0.2) is 4.98 Å². The molecule has 1 N–H and O–H groups in total. The highest BCUT2D eigenvalue weighted by atomic mass is 16.3. The van der Waals surface area contributed by atoms with Crippen molar-refractivity contribution in [2.24, 2.45) is 0 Å². The van der Waals surface area contributed by atoms with Gasteiger partial charge in [-0.15, -0.1) is 0 Å². The number of benzene rings is 2. The first-order valence-electron chi connectivity index (χ1n) is 7.16. The third-order valence-electron chi connectivity index (χ3n) is 3.57. The summed E-state index contributed by atoms with van der Waals surface area (Å²) in [6, 6.07) is 24.0. The molecule has 0 fully saturated rings. The minimum Gasteiger partial charge on any atom is -0.463 e. The molecule has 0 aliphatic carbocycles. The van der Waals surface area contributed by atoms with E-state index >= 15 is 0 Å². The van der Waals surface area contributed by atoms with Gasteiger partial charge in [0.2, 0.25) is 0 Å². The summed E-state index contributed by atoms with van der Waals surface area (Å²) < 4.78 is 5.56. The van der Waals surface area contributed by atoms with Crippen molar-refractivity contribution in [2.45, 2.75) is 0 Å². The minimum absolute atomic E-state index is 0.786. The normalized spacial score (nSPS) is 10.7. The molecule has 0 amide bonds. The zero-order valence-electron chi connectivity index (χ0n) is 11.9. The predicted octanol–water partition coefficient (Wildman–Crippen LogP) is 5.00. The van der Waals surface area contributed by atoms with Crippen molar-refractivity contribution < 1.29 is 4.42 Å². The quantitative estimate of drug-likeness (QED) is 0.575. The van der Waals surface area contributed by atoms with Crippen LogP contribution in [0, 0.1) is 0 Å². The van der Waals surface area contributed by atoms with E-state index in [1.807, 2.05) is 60.7 Å². The summed E-state index contributed by atoms with van der Waals surface area (Å²) in [5.41, 5.74) is 3.91. The molecule has 0 saturated carbocycles. The van der Waals surface area contributed by atoms with Gasteiger partial charge in [-0.1, -0.05) is 60.7 Å². The van der Waals surface area contributed by atoms with Crippen LogP contribution in [0.15, 0.2) is 83.5 Å². The van der Waals surface area contributed by atoms with Gasteiger partial charge in [-0.3, -0.25) is 0 Å². The zero-order valence-corrected chi connectivity index (χ0v) is 11.9. The second-order valence-electron chi connectivity index (χ2n) is 5.02. The Balaban J connectivity index is 1.91. The molecule has 22 heavy (non-hydrogen) atoms. The molecule has 4 aromatic rings. The van der Waals surface area contributed by atoms with E-state index < -0.39 is 0 Å². The SMILES string of the molecule is c1ccc(-c2nc(-c3ccccc3)c(-c3ccco3)[nH]2)cc1. The topological polar surface area (TPSA) is 41.8 Å². The Labute approximate surface area is 128 Å². The third-order valence-corrected chi connectivity index (χ3v) is 3.57. The van der Waals surface area contributed by atoms with Crippen molar-refractivity contribution in [1.82, 2.24) is 9.97 Å². The monoisotopic (exact) mass is 286 g/mol. The zero-order chi connectivity index (χ0) is 14.8. The van der Waals surface area contributed by atoms with Crippen LogP contribution < -0.4 is 0 Å². The number of nitrogens with zero attached hydrogens (tertiary/aromatic N) is 1. The molecule has 2 heterocycles. The molecule has 0 aliphatic rings. The molecular formula is C19H14N2O. The van der Waals surface area contributed by atoms with Gasteiger partial charge < -0.3 is 9.40 Å². The van der Waals surface area contributed by atoms with Crippen LogP contribution >= 0.6 is 0 Å². The van der Waals surface area contributed by atoms with Crippen LogP contribution in [0.4, 0.5) is 0 Å². The second-order valence-corrected chi connectivity index (χ2v) is 5.02. The summed E-state index contributed by atoms with van der Waals surface area (Å²) in [6.45, 7) is 0. The van der Waals surface area contributed by atoms with Crippen molar-refractivity contribution in [3.63, 3.8) is 0 Å². The van der Waals surface area contributed by atoms with Crippen molar-refractivity contribution in [2.75, 3.05) is 0 Å². The average molecular weight is 286 g/mol. The Bertz CT molecular complexity index is 862. The summed E-state index contributed by atoms with van der Waals surface area (Å²) >= 11 is 0. The first kappa shape index (κ1) is 12.7. The lowest BCUT2D eigenvalue weighted by molar-refractivity contribution is 0.580. The molecule has 0 spiro atoms. The summed E-state index contributed by atoms with van der Waals surface area (Å²) in [5.74, 6) is 1.62. The molecule has 0 bridgehead atoms. The third kappa shape index (κ3) is 2.23. The molecule has 2 aromatic heterocycles. The van der Waals surface area contributed by atoms with Crippen LogP contribution in [-0.2, 0) is 0 Å². The number of aromatic amines is 1. The van der Waals surface area contributed by atoms with Gasteiger partial charge >= 0.3 is 0 Å². The standard InChI is InChI=1S/C19H14N2O/c1-3-8-14(9-4-1)17-18(16-12-7-13-22-16)21-19(20-17)15-10-5-2-6-11-15/h1-13H,(H,20,21). The molecule has 0 unspecified atom stereocenters. The lowest BCUT2D eigenvalue weighted by Crippen LogP contribution is -1.81. The maximum atomic E-state index is 5.56. The fourth-order valence-corrected chi connectivity index (χ4v) is 2.51. The lowest BCUT2D eigenvalue weighted by Gasteiger charge is -1.99. The maximum absolute atomic E-state index is 5.56. The molecule has 0 aliphatic heterocycles. The molecule has 0 saturated heterocycles. The van der Waals surface area contributed by atoms with Gasteiger partial charge in [0.1, 0.15) is 17.2 Å². The summed E-state index contributed by atoms with van der Waals surface area (Å²) in [6.07, 6.45) is 1.67. The molecule has 3 heteroatoms. The highest BCUT2D eigenvalue weighted by molar-refractivity contribution is 5.79. The fourth-order valence-electron chi connectivity index (χ4n) is 2.51. The highest BCUT2D eigenvalue weighted by Crippen LogP contribution is 2.32. The Kier molecular flexibility index (Phi) is 3.09. The van der Waals surface area contributed by atoms with Crippen LogP contribution in [0.2, 0.25) is 0 Å². The molecular weight excluding hydrogens is 272 g/mol. The number of rotatable bonds is 3. The van der Waals surface area contributed by atoms with Gasteiger partial charge in [-0.05, 0) is 12.1 Å². The summed E-state index contributed by atoms with van der Waals surface area (Å²) in [5, 5.41) is 0. The van der Waals surface area contributed by atoms with E-state index in [1.54, 1.807) is 6.26 Å². The molecule has 106 valence electrons. The Morgan fingerprint density at radius 2 is 1.41 bits per heavy atom. The highest BCUT2D eigenvalue weighted by Gasteiger charge is 2.16. The number of hydrogen-bond donors (Lipinski definition) is 1. The van der Waals surface area contributed by atoms with Crippen molar-refractivity contribution in [1.29, 1.82) is 0 Å². The van der Waals surface area contributed by atoms with Crippen molar-refractivity contribution in [3.05, 3.63) is 79.1 Å². The summed E-state index contributed by atoms with van der Waals surface area (Å²) in [7, 11) is 0.